The number of hydrogen-bond acceptors (Lipinski definition) is 3. The number of hydrogen-bond donors (Lipinski definition) is 1. The van der Waals surface area contributed by atoms with Crippen molar-refractivity contribution in [2.75, 3.05) is 13.1 Å². The fourth-order valence-electron chi connectivity index (χ4n) is 2.37. The number of sulfonamides is 1. The second-order valence-electron chi connectivity index (χ2n) is 5.95. The number of halogens is 2. The smallest absolute Gasteiger partial charge is 0.255 e. The van der Waals surface area contributed by atoms with Crippen molar-refractivity contribution in [2.45, 2.75) is 25.2 Å². The highest BCUT2D eigenvalue weighted by molar-refractivity contribution is 9.10. The fraction of sp³-hybridized carbons (Fsp3) is 0.462. The summed E-state index contributed by atoms with van der Waals surface area (Å²) in [5, 5.41) is 4.97. The summed E-state index contributed by atoms with van der Waals surface area (Å²) in [6.07, 6.45) is 0.861. The predicted octanol–water partition coefficient (Wildman–Crippen LogP) is 2.11. The minimum absolute atomic E-state index is 0.0188. The first-order valence-electron chi connectivity index (χ1n) is 6.32. The van der Waals surface area contributed by atoms with Crippen molar-refractivity contribution in [3.8, 4) is 0 Å². The number of carbonyl (C=O) groups is 1. The van der Waals surface area contributed by atoms with E-state index in [1.54, 1.807) is 4.90 Å². The van der Waals surface area contributed by atoms with Gasteiger partial charge in [0.1, 0.15) is 10.7 Å². The number of amides is 1. The maximum Gasteiger partial charge on any atom is 0.255 e. The van der Waals surface area contributed by atoms with Gasteiger partial charge in [-0.25, -0.2) is 17.9 Å². The summed E-state index contributed by atoms with van der Waals surface area (Å²) < 4.78 is 36.6. The molecule has 21 heavy (non-hydrogen) atoms. The average Bonchev–Trinajstić information content (AvgIpc) is 2.67. The highest BCUT2D eigenvalue weighted by Crippen LogP contribution is 2.32. The van der Waals surface area contributed by atoms with Crippen LogP contribution in [0.1, 0.15) is 30.6 Å². The van der Waals surface area contributed by atoms with E-state index < -0.39 is 20.7 Å². The fourth-order valence-corrected chi connectivity index (χ4v) is 3.47. The number of rotatable bonds is 2. The summed E-state index contributed by atoms with van der Waals surface area (Å²) in [4.78, 5) is 13.4. The minimum Gasteiger partial charge on any atom is -0.338 e. The molecule has 1 amide bonds. The third kappa shape index (κ3) is 3.44. The molecule has 0 unspecified atom stereocenters. The zero-order valence-electron chi connectivity index (χ0n) is 11.7. The Kier molecular flexibility index (Phi) is 4.16. The van der Waals surface area contributed by atoms with Gasteiger partial charge in [0, 0.05) is 17.6 Å². The Hall–Kier alpha value is -0.990. The molecule has 0 aromatic heterocycles. The molecule has 1 heterocycles. The van der Waals surface area contributed by atoms with Gasteiger partial charge in [0.2, 0.25) is 10.0 Å². The highest BCUT2D eigenvalue weighted by Gasteiger charge is 2.33. The summed E-state index contributed by atoms with van der Waals surface area (Å²) in [6.45, 7) is 5.26. The van der Waals surface area contributed by atoms with Crippen LogP contribution >= 0.6 is 15.9 Å². The van der Waals surface area contributed by atoms with Gasteiger partial charge in [0.25, 0.3) is 5.91 Å². The maximum absolute atomic E-state index is 13.7. The third-order valence-electron chi connectivity index (χ3n) is 3.52. The molecule has 1 aliphatic heterocycles. The van der Waals surface area contributed by atoms with Crippen molar-refractivity contribution in [3.05, 3.63) is 28.0 Å². The Labute approximate surface area is 131 Å². The van der Waals surface area contributed by atoms with E-state index in [1.807, 2.05) is 0 Å². The summed E-state index contributed by atoms with van der Waals surface area (Å²) in [6, 6.07) is 1.94. The lowest BCUT2D eigenvalue weighted by Crippen LogP contribution is -2.31. The van der Waals surface area contributed by atoms with E-state index >= 15 is 0 Å². The van der Waals surface area contributed by atoms with Crippen molar-refractivity contribution in [2.24, 2.45) is 10.6 Å². The number of nitrogens with two attached hydrogens (primary N) is 1. The maximum atomic E-state index is 13.7. The first kappa shape index (κ1) is 16.4. The summed E-state index contributed by atoms with van der Waals surface area (Å²) in [5.41, 5.74) is 0.114. The number of carbonyl (C=O) groups excluding carboxylic acids is 1. The van der Waals surface area contributed by atoms with Crippen LogP contribution in [-0.2, 0) is 10.0 Å². The molecule has 2 rings (SSSR count). The largest absolute Gasteiger partial charge is 0.338 e. The van der Waals surface area contributed by atoms with E-state index in [2.05, 4.69) is 29.8 Å². The minimum atomic E-state index is -4.22. The molecular formula is C13H16BrFN2O3S. The van der Waals surface area contributed by atoms with Crippen LogP contribution in [0.4, 0.5) is 4.39 Å². The van der Waals surface area contributed by atoms with Crippen LogP contribution in [0, 0.1) is 11.2 Å². The van der Waals surface area contributed by atoms with Crippen molar-refractivity contribution >= 4 is 31.9 Å². The van der Waals surface area contributed by atoms with Gasteiger partial charge in [0.05, 0.1) is 5.56 Å². The molecule has 0 spiro atoms. The molecule has 0 aliphatic carbocycles. The van der Waals surface area contributed by atoms with Crippen molar-refractivity contribution in [1.29, 1.82) is 0 Å². The Morgan fingerprint density at radius 1 is 1.43 bits per heavy atom. The molecule has 8 heteroatoms. The molecule has 5 nitrogen and oxygen atoms in total. The Bertz CT molecular complexity index is 704. The second-order valence-corrected chi connectivity index (χ2v) is 8.33. The quantitative estimate of drug-likeness (QED) is 0.855. The van der Waals surface area contributed by atoms with Gasteiger partial charge in [-0.05, 0) is 39.9 Å². The van der Waals surface area contributed by atoms with Crippen molar-refractivity contribution in [3.63, 3.8) is 0 Å². The Balaban J connectivity index is 2.43. The summed E-state index contributed by atoms with van der Waals surface area (Å²) in [7, 11) is -4.22. The molecule has 1 fully saturated rings. The van der Waals surface area contributed by atoms with Gasteiger partial charge >= 0.3 is 0 Å². The molecule has 1 aromatic carbocycles. The highest BCUT2D eigenvalue weighted by atomic mass is 79.9. The molecule has 116 valence electrons. The number of likely N-dealkylation sites (tertiary alicyclic amines) is 1. The zero-order chi connectivity index (χ0) is 16.0. The van der Waals surface area contributed by atoms with Crippen molar-refractivity contribution in [1.82, 2.24) is 4.90 Å². The Morgan fingerprint density at radius 2 is 2.05 bits per heavy atom. The average molecular weight is 379 g/mol. The van der Waals surface area contributed by atoms with Crippen LogP contribution < -0.4 is 5.14 Å². The van der Waals surface area contributed by atoms with Crippen LogP contribution in [0.5, 0.6) is 0 Å². The van der Waals surface area contributed by atoms with E-state index in [0.29, 0.717) is 13.1 Å². The van der Waals surface area contributed by atoms with Crippen molar-refractivity contribution < 1.29 is 17.6 Å². The lowest BCUT2D eigenvalue weighted by atomic mass is 9.93. The zero-order valence-corrected chi connectivity index (χ0v) is 14.1. The molecular weight excluding hydrogens is 363 g/mol. The van der Waals surface area contributed by atoms with E-state index in [-0.39, 0.29) is 21.4 Å². The first-order chi connectivity index (χ1) is 9.51. The van der Waals surface area contributed by atoms with Gasteiger partial charge in [-0.15, -0.1) is 0 Å². The molecule has 0 saturated carbocycles. The van der Waals surface area contributed by atoms with Crippen LogP contribution in [-0.4, -0.2) is 32.3 Å². The molecule has 0 atom stereocenters. The number of primary sulfonamides is 1. The van der Waals surface area contributed by atoms with E-state index in [0.717, 1.165) is 18.6 Å². The summed E-state index contributed by atoms with van der Waals surface area (Å²) in [5.74, 6) is -1.32. The lowest BCUT2D eigenvalue weighted by molar-refractivity contribution is 0.0777. The van der Waals surface area contributed by atoms with Gasteiger partial charge in [-0.3, -0.25) is 4.79 Å². The van der Waals surface area contributed by atoms with E-state index in [9.17, 15) is 17.6 Å². The van der Waals surface area contributed by atoms with E-state index in [1.165, 1.54) is 0 Å². The monoisotopic (exact) mass is 378 g/mol. The van der Waals surface area contributed by atoms with E-state index in [4.69, 9.17) is 5.14 Å². The van der Waals surface area contributed by atoms with Crippen LogP contribution in [0.15, 0.2) is 21.5 Å². The lowest BCUT2D eigenvalue weighted by Gasteiger charge is -2.20. The SMILES string of the molecule is CC1(C)CCN(C(=O)c2cc(S(N)(=O)=O)c(F)cc2Br)C1. The summed E-state index contributed by atoms with van der Waals surface area (Å²) >= 11 is 3.10. The van der Waals surface area contributed by atoms with Crippen LogP contribution in [0.25, 0.3) is 0 Å². The van der Waals surface area contributed by atoms with Gasteiger partial charge < -0.3 is 4.90 Å². The molecule has 2 N–H and O–H groups in total. The number of nitrogens with zero attached hydrogens (tertiary/aromatic N) is 1. The second kappa shape index (κ2) is 5.33. The van der Waals surface area contributed by atoms with Crippen LogP contribution in [0.2, 0.25) is 0 Å². The topological polar surface area (TPSA) is 80.5 Å². The third-order valence-corrected chi connectivity index (χ3v) is 5.11. The van der Waals surface area contributed by atoms with Crippen LogP contribution in [0.3, 0.4) is 0 Å². The van der Waals surface area contributed by atoms with Gasteiger partial charge in [-0.2, -0.15) is 0 Å². The Morgan fingerprint density at radius 3 is 2.52 bits per heavy atom. The molecule has 1 aromatic rings. The predicted molar refractivity (Wildman–Crippen MR) is 79.8 cm³/mol. The normalized spacial score (nSPS) is 18.0. The first-order valence-corrected chi connectivity index (χ1v) is 8.66. The van der Waals surface area contributed by atoms with Gasteiger partial charge in [0.15, 0.2) is 0 Å². The number of benzene rings is 1. The molecule has 0 radical (unpaired) electrons. The standard InChI is InChI=1S/C13H16BrFN2O3S/c1-13(2)3-4-17(7-13)12(18)8-5-11(21(16,19)20)10(15)6-9(8)14/h5-6H,3-4,7H2,1-2H3,(H2,16,19,20). The molecule has 1 saturated heterocycles. The van der Waals surface area contributed by atoms with Gasteiger partial charge in [-0.1, -0.05) is 13.8 Å². The molecule has 1 aliphatic rings. The molecule has 0 bridgehead atoms.